The van der Waals surface area contributed by atoms with E-state index in [4.69, 9.17) is 0 Å². The second-order valence-electron chi connectivity index (χ2n) is 15.0. The molecule has 0 spiro atoms. The minimum absolute atomic E-state index is 0. The molecule has 8 atom stereocenters. The average Bonchev–Trinajstić information content (AvgIpc) is 3.94. The van der Waals surface area contributed by atoms with Gasteiger partial charge in [-0.15, -0.1) is 0 Å². The molecule has 0 amide bonds. The van der Waals surface area contributed by atoms with E-state index >= 15 is 0 Å². The Bertz CT molecular complexity index is 1330. The topological polar surface area (TPSA) is 0 Å². The Hall–Kier alpha value is 4.04. The summed E-state index contributed by atoms with van der Waals surface area (Å²) >= 11 is 9.21. The van der Waals surface area contributed by atoms with E-state index < -0.39 is 0 Å². The van der Waals surface area contributed by atoms with Gasteiger partial charge in [-0.3, -0.25) is 0 Å². The van der Waals surface area contributed by atoms with Gasteiger partial charge in [-0.05, 0) is 145 Å². The number of fused-ring (bicyclic) bond motifs is 24. The van der Waals surface area contributed by atoms with E-state index in [1.807, 2.05) is 43.2 Å². The van der Waals surface area contributed by atoms with Crippen molar-refractivity contribution in [1.82, 2.24) is 0 Å². The van der Waals surface area contributed by atoms with Crippen molar-refractivity contribution in [3.63, 3.8) is 0 Å². The van der Waals surface area contributed by atoms with Gasteiger partial charge in [0, 0.05) is 98.1 Å². The molecule has 0 aliphatic heterocycles. The highest BCUT2D eigenvalue weighted by molar-refractivity contribution is 8.79. The van der Waals surface area contributed by atoms with Crippen LogP contribution in [0.3, 0.4) is 0 Å². The quantitative estimate of drug-likeness (QED) is 0.170. The second-order valence-corrected chi connectivity index (χ2v) is 36.2. The van der Waals surface area contributed by atoms with Gasteiger partial charge < -0.3 is 0 Å². The number of hydrogen-bond acceptors (Lipinski definition) is 10. The molecule has 10 rings (SSSR count). The molecule has 0 heterocycles. The SMILES string of the molecule is C1=CC2CC1C1C2C2C3C=CC(C3)C12.CSSC1C2CC(C1SSC)C1C2C2C3CC(C(SSC)C3SSC)C12.S=S=S=S=S=S=S=S.[2HH]. The van der Waals surface area contributed by atoms with Crippen molar-refractivity contribution >= 4 is 162 Å². The predicted molar refractivity (Wildman–Crippen MR) is 253 cm³/mol. The molecule has 0 radical (unpaired) electrons. The average molecular weight is 945 g/mol. The molecule has 0 N–H and O–H groups in total. The van der Waals surface area contributed by atoms with Crippen LogP contribution in [0.5, 0.6) is 0 Å². The molecule has 0 saturated heterocycles. The maximum Gasteiger partial charge on any atom is 0.0312 e. The van der Waals surface area contributed by atoms with Crippen molar-refractivity contribution in [2.24, 2.45) is 94.7 Å². The highest BCUT2D eigenvalue weighted by Crippen LogP contribution is 2.80. The van der Waals surface area contributed by atoms with E-state index in [2.05, 4.69) is 115 Å². The number of hydrogen-bond donors (Lipinski definition) is 0. The van der Waals surface area contributed by atoms with Crippen molar-refractivity contribution in [3.8, 4) is 0 Å². The van der Waals surface area contributed by atoms with Crippen LogP contribution in [-0.4, -0.2) is 46.0 Å². The molecule has 48 heavy (non-hydrogen) atoms. The van der Waals surface area contributed by atoms with Crippen molar-refractivity contribution in [2.75, 3.05) is 25.0 Å². The summed E-state index contributed by atoms with van der Waals surface area (Å²) in [5, 5.41) is 3.71. The lowest BCUT2D eigenvalue weighted by Crippen LogP contribution is -2.60. The van der Waals surface area contributed by atoms with Gasteiger partial charge in [-0.25, -0.2) is 0 Å². The van der Waals surface area contributed by atoms with Gasteiger partial charge in [0.2, 0.25) is 0 Å². The maximum atomic E-state index is 4.60. The van der Waals surface area contributed by atoms with Crippen LogP contribution in [-0.2, 0) is 75.7 Å². The summed E-state index contributed by atoms with van der Waals surface area (Å²) in [6.07, 6.45) is 25.5. The lowest BCUT2D eigenvalue weighted by molar-refractivity contribution is -0.0847. The zero-order valence-electron chi connectivity index (χ0n) is 27.2. The fraction of sp³-hybridized carbons (Fsp3) is 0.875. The van der Waals surface area contributed by atoms with Crippen LogP contribution in [0.2, 0.25) is 0 Å². The lowest BCUT2D eigenvalue weighted by atomic mass is 9.48. The van der Waals surface area contributed by atoms with Gasteiger partial charge >= 0.3 is 0 Å². The van der Waals surface area contributed by atoms with Crippen molar-refractivity contribution in [2.45, 2.75) is 46.7 Å². The van der Waals surface area contributed by atoms with Gasteiger partial charge in [0.1, 0.15) is 0 Å². The number of allylic oxidation sites excluding steroid dienone is 4. The smallest absolute Gasteiger partial charge is 0.0312 e. The Morgan fingerprint density at radius 3 is 0.896 bits per heavy atom. The Morgan fingerprint density at radius 2 is 0.667 bits per heavy atom. The van der Waals surface area contributed by atoms with E-state index in [-0.39, 0.29) is 1.43 Å². The first-order valence-electron chi connectivity index (χ1n) is 17.0. The third-order valence-corrected chi connectivity index (χ3v) is 34.9. The molecule has 8 fully saturated rings. The zero-order chi connectivity index (χ0) is 33.1. The van der Waals surface area contributed by atoms with E-state index in [9.17, 15) is 0 Å². The normalized spacial score (nSPS) is 51.7. The molecule has 16 heteroatoms. The molecule has 270 valence electrons. The zero-order valence-corrected chi connectivity index (χ0v) is 40.3. The molecule has 10 aliphatic rings. The molecule has 8 bridgehead atoms. The fourth-order valence-corrected chi connectivity index (χ4v) is 35.8. The highest BCUT2D eigenvalue weighted by Gasteiger charge is 2.76. The molecule has 0 aromatic rings. The van der Waals surface area contributed by atoms with Crippen molar-refractivity contribution in [3.05, 3.63) is 24.3 Å². The van der Waals surface area contributed by atoms with Crippen LogP contribution in [0.25, 0.3) is 0 Å². The summed E-state index contributed by atoms with van der Waals surface area (Å²) in [6.45, 7) is 0. The van der Waals surface area contributed by atoms with Gasteiger partial charge in [-0.1, -0.05) is 111 Å². The summed E-state index contributed by atoms with van der Waals surface area (Å²) in [7, 11) is 26.2. The van der Waals surface area contributed by atoms with Gasteiger partial charge in [-0.2, -0.15) is 0 Å². The monoisotopic (exact) mass is 943 g/mol. The van der Waals surface area contributed by atoms with E-state index in [0.717, 1.165) is 116 Å². The lowest BCUT2D eigenvalue weighted by Gasteiger charge is -2.61. The first-order valence-corrected chi connectivity index (χ1v) is 36.8. The van der Waals surface area contributed by atoms with Crippen LogP contribution in [0.1, 0.15) is 27.1 Å². The predicted octanol–water partition coefficient (Wildman–Crippen LogP) is 10.4. The van der Waals surface area contributed by atoms with E-state index in [0.29, 0.717) is 0 Å². The third kappa shape index (κ3) is 6.60. The fourth-order valence-electron chi connectivity index (χ4n) is 13.6. The van der Waals surface area contributed by atoms with Crippen LogP contribution >= 0.6 is 86.4 Å². The Kier molecular flexibility index (Phi) is 14.0. The summed E-state index contributed by atoms with van der Waals surface area (Å²) in [5.74, 6) is 17.1. The van der Waals surface area contributed by atoms with Gasteiger partial charge in [0.05, 0.1) is 0 Å². The molecular weight excluding hydrogens is 897 g/mol. The molecule has 10 aliphatic carbocycles. The summed E-state index contributed by atoms with van der Waals surface area (Å²) in [6, 6.07) is 0. The molecule has 8 unspecified atom stereocenters. The highest BCUT2D eigenvalue weighted by atomic mass is 33.4. The minimum atomic E-state index is 0. The first-order chi connectivity index (χ1) is 23.6. The standard InChI is InChI=1S/C18H28S8.C14H16.S8.H2/c1-19-23-15-7-5-8(16(15)24-20-2)12-11(7)13-9-6-10(14(12)13)18(26-22-4)17(9)25-21-3;1-2-8-5-7(1)11-12(8)14-10-4-3-9(6-10)13(11)14;1-3-5-7-8-6-4-2;/h7-18H,5-6H2,1-4H3;1-4,7-14H,5-6H2;;1H/i;;;1+1. The first kappa shape index (κ1) is 38.9. The minimum Gasteiger partial charge on any atom is -0.0973 e. The Morgan fingerprint density at radius 1 is 0.396 bits per heavy atom. The van der Waals surface area contributed by atoms with Crippen LogP contribution in [0.15, 0.2) is 24.3 Å². The molecular formula is C32H46S16. The van der Waals surface area contributed by atoms with Crippen LogP contribution < -0.4 is 0 Å². The summed E-state index contributed by atoms with van der Waals surface area (Å²) in [4.78, 5) is 0. The summed E-state index contributed by atoms with van der Waals surface area (Å²) < 4.78 is 0. The summed E-state index contributed by atoms with van der Waals surface area (Å²) in [5.41, 5.74) is 0. The Balaban J connectivity index is 0.000000137. The van der Waals surface area contributed by atoms with Crippen molar-refractivity contribution in [1.29, 1.82) is 0 Å². The second kappa shape index (κ2) is 17.3. The number of rotatable bonds is 8. The molecule has 0 nitrogen and oxygen atoms in total. The van der Waals surface area contributed by atoms with Crippen molar-refractivity contribution < 1.29 is 1.43 Å². The molecule has 0 aromatic carbocycles. The van der Waals surface area contributed by atoms with Gasteiger partial charge in [0.15, 0.2) is 0 Å². The molecule has 8 saturated carbocycles. The van der Waals surface area contributed by atoms with E-state index in [1.54, 1.807) is 48.4 Å². The Labute approximate surface area is 349 Å². The van der Waals surface area contributed by atoms with Crippen LogP contribution in [0.4, 0.5) is 0 Å². The van der Waals surface area contributed by atoms with Crippen LogP contribution in [0, 0.1) is 94.7 Å². The maximum absolute atomic E-state index is 4.60. The largest absolute Gasteiger partial charge is 0.0973 e. The third-order valence-electron chi connectivity index (χ3n) is 14.2. The van der Waals surface area contributed by atoms with Gasteiger partial charge in [0.25, 0.3) is 0 Å². The molecule has 0 aromatic heterocycles. The van der Waals surface area contributed by atoms with E-state index in [1.165, 1.54) is 30.6 Å².